The second-order valence-electron chi connectivity index (χ2n) is 5.35. The molecule has 0 amide bonds. The summed E-state index contributed by atoms with van der Waals surface area (Å²) in [5.74, 6) is 1.68. The second kappa shape index (κ2) is 7.36. The smallest absolute Gasteiger partial charge is 0.133 e. The van der Waals surface area contributed by atoms with E-state index in [-0.39, 0.29) is 0 Å². The highest BCUT2D eigenvalue weighted by Gasteiger charge is 2.10. The van der Waals surface area contributed by atoms with E-state index in [9.17, 15) is 0 Å². The largest absolute Gasteiger partial charge is 0.353 e. The zero-order valence-electron chi connectivity index (χ0n) is 12.3. The summed E-state index contributed by atoms with van der Waals surface area (Å²) < 4.78 is 0. The standard InChI is InChI=1S/C15H22N4S/c1-12(2)7-16-8-13-5-4-6-17-15(13)19(3)9-14-10-20-11-18-14/h4-6,10-12,16H,7-9H2,1-3H3. The van der Waals surface area contributed by atoms with Crippen molar-refractivity contribution >= 4 is 17.2 Å². The van der Waals surface area contributed by atoms with Gasteiger partial charge in [0.2, 0.25) is 0 Å². The molecule has 20 heavy (non-hydrogen) atoms. The van der Waals surface area contributed by atoms with Gasteiger partial charge in [-0.25, -0.2) is 9.97 Å². The fourth-order valence-electron chi connectivity index (χ4n) is 2.04. The molecule has 2 aromatic heterocycles. The molecule has 0 saturated carbocycles. The Morgan fingerprint density at radius 2 is 2.20 bits per heavy atom. The number of rotatable bonds is 7. The molecule has 1 N–H and O–H groups in total. The van der Waals surface area contributed by atoms with Crippen LogP contribution in [0.1, 0.15) is 25.1 Å². The lowest BCUT2D eigenvalue weighted by Gasteiger charge is -2.20. The van der Waals surface area contributed by atoms with Gasteiger partial charge in [0.15, 0.2) is 0 Å². The van der Waals surface area contributed by atoms with E-state index in [4.69, 9.17) is 0 Å². The minimum atomic E-state index is 0.655. The van der Waals surface area contributed by atoms with Crippen molar-refractivity contribution < 1.29 is 0 Å². The van der Waals surface area contributed by atoms with Gasteiger partial charge >= 0.3 is 0 Å². The van der Waals surface area contributed by atoms with Crippen LogP contribution in [0.3, 0.4) is 0 Å². The fraction of sp³-hybridized carbons (Fsp3) is 0.467. The molecular weight excluding hydrogens is 268 g/mol. The lowest BCUT2D eigenvalue weighted by atomic mass is 10.2. The van der Waals surface area contributed by atoms with Crippen LogP contribution in [0, 0.1) is 5.92 Å². The van der Waals surface area contributed by atoms with Gasteiger partial charge in [-0.3, -0.25) is 0 Å². The molecule has 0 bridgehead atoms. The van der Waals surface area contributed by atoms with E-state index in [0.717, 1.165) is 31.1 Å². The van der Waals surface area contributed by atoms with Gasteiger partial charge in [0.25, 0.3) is 0 Å². The molecule has 0 spiro atoms. The third-order valence-corrected chi connectivity index (χ3v) is 3.62. The van der Waals surface area contributed by atoms with E-state index in [2.05, 4.69) is 52.5 Å². The Kier molecular flexibility index (Phi) is 5.49. The maximum atomic E-state index is 4.52. The first-order chi connectivity index (χ1) is 9.66. The zero-order valence-corrected chi connectivity index (χ0v) is 13.2. The Labute approximate surface area is 124 Å². The van der Waals surface area contributed by atoms with Crippen molar-refractivity contribution in [3.8, 4) is 0 Å². The third kappa shape index (κ3) is 4.28. The van der Waals surface area contributed by atoms with Gasteiger partial charge in [-0.2, -0.15) is 0 Å². The van der Waals surface area contributed by atoms with Gasteiger partial charge in [-0.1, -0.05) is 19.9 Å². The van der Waals surface area contributed by atoms with E-state index < -0.39 is 0 Å². The van der Waals surface area contributed by atoms with E-state index >= 15 is 0 Å². The summed E-state index contributed by atoms with van der Waals surface area (Å²) in [5.41, 5.74) is 4.18. The lowest BCUT2D eigenvalue weighted by molar-refractivity contribution is 0.551. The summed E-state index contributed by atoms with van der Waals surface area (Å²) in [4.78, 5) is 11.0. The number of hydrogen-bond donors (Lipinski definition) is 1. The molecule has 0 saturated heterocycles. The van der Waals surface area contributed by atoms with Crippen LogP contribution in [0.5, 0.6) is 0 Å². The van der Waals surface area contributed by atoms with Crippen LogP contribution in [0.15, 0.2) is 29.2 Å². The first kappa shape index (κ1) is 14.9. The van der Waals surface area contributed by atoms with Crippen molar-refractivity contribution in [2.45, 2.75) is 26.9 Å². The van der Waals surface area contributed by atoms with Crippen molar-refractivity contribution in [2.24, 2.45) is 5.92 Å². The molecule has 5 heteroatoms. The highest BCUT2D eigenvalue weighted by molar-refractivity contribution is 7.07. The van der Waals surface area contributed by atoms with Crippen LogP contribution >= 0.6 is 11.3 Å². The monoisotopic (exact) mass is 290 g/mol. The van der Waals surface area contributed by atoms with Gasteiger partial charge in [-0.15, -0.1) is 11.3 Å². The van der Waals surface area contributed by atoms with Gasteiger partial charge in [0.1, 0.15) is 5.82 Å². The molecule has 0 radical (unpaired) electrons. The molecule has 4 nitrogen and oxygen atoms in total. The van der Waals surface area contributed by atoms with Gasteiger partial charge < -0.3 is 10.2 Å². The quantitative estimate of drug-likeness (QED) is 0.851. The van der Waals surface area contributed by atoms with Gasteiger partial charge in [-0.05, 0) is 18.5 Å². The number of pyridine rings is 1. The molecule has 0 aliphatic rings. The fourth-order valence-corrected chi connectivity index (χ4v) is 2.59. The SMILES string of the molecule is CC(C)CNCc1cccnc1N(C)Cc1cscn1. The minimum absolute atomic E-state index is 0.655. The van der Waals surface area contributed by atoms with E-state index in [1.807, 2.05) is 17.8 Å². The van der Waals surface area contributed by atoms with Crippen molar-refractivity contribution in [2.75, 3.05) is 18.5 Å². The summed E-state index contributed by atoms with van der Waals surface area (Å²) in [6, 6.07) is 4.12. The van der Waals surface area contributed by atoms with Gasteiger partial charge in [0.05, 0.1) is 17.7 Å². The molecule has 2 rings (SSSR count). The molecule has 0 aliphatic heterocycles. The van der Waals surface area contributed by atoms with Crippen LogP contribution in [-0.2, 0) is 13.1 Å². The van der Waals surface area contributed by atoms with Crippen LogP contribution in [0.25, 0.3) is 0 Å². The summed E-state index contributed by atoms with van der Waals surface area (Å²) >= 11 is 1.63. The third-order valence-electron chi connectivity index (χ3n) is 2.98. The first-order valence-corrected chi connectivity index (χ1v) is 7.84. The van der Waals surface area contributed by atoms with Crippen LogP contribution < -0.4 is 10.2 Å². The number of anilines is 1. The normalized spacial score (nSPS) is 11.0. The highest BCUT2D eigenvalue weighted by Crippen LogP contribution is 2.18. The molecule has 0 atom stereocenters. The second-order valence-corrected chi connectivity index (χ2v) is 6.07. The number of nitrogens with one attached hydrogen (secondary N) is 1. The molecule has 0 aromatic carbocycles. The highest BCUT2D eigenvalue weighted by atomic mass is 32.1. The van der Waals surface area contributed by atoms with E-state index in [1.165, 1.54) is 5.56 Å². The Bertz CT molecular complexity index is 510. The Morgan fingerprint density at radius 1 is 1.35 bits per heavy atom. The maximum absolute atomic E-state index is 4.52. The predicted molar refractivity (Wildman–Crippen MR) is 85.0 cm³/mol. The van der Waals surface area contributed by atoms with Crippen molar-refractivity contribution in [1.29, 1.82) is 0 Å². The molecule has 0 unspecified atom stereocenters. The average molecular weight is 290 g/mol. The van der Waals surface area contributed by atoms with Gasteiger partial charge in [0, 0.05) is 30.7 Å². The number of nitrogens with zero attached hydrogens (tertiary/aromatic N) is 3. The topological polar surface area (TPSA) is 41.1 Å². The molecule has 0 fully saturated rings. The zero-order chi connectivity index (χ0) is 14.4. The van der Waals surface area contributed by atoms with Crippen molar-refractivity contribution in [3.63, 3.8) is 0 Å². The van der Waals surface area contributed by atoms with Crippen LogP contribution in [0.2, 0.25) is 0 Å². The molecule has 0 aliphatic carbocycles. The summed E-state index contributed by atoms with van der Waals surface area (Å²) in [6.07, 6.45) is 1.85. The predicted octanol–water partition coefficient (Wildman–Crippen LogP) is 2.92. The Balaban J connectivity index is 2.02. The van der Waals surface area contributed by atoms with Crippen molar-refractivity contribution in [1.82, 2.24) is 15.3 Å². The van der Waals surface area contributed by atoms with E-state index in [0.29, 0.717) is 5.92 Å². The molecular formula is C15H22N4S. The lowest BCUT2D eigenvalue weighted by Crippen LogP contribution is -2.23. The van der Waals surface area contributed by atoms with Crippen LogP contribution in [-0.4, -0.2) is 23.6 Å². The summed E-state index contributed by atoms with van der Waals surface area (Å²) in [5, 5.41) is 5.55. The number of thiazole rings is 1. The summed E-state index contributed by atoms with van der Waals surface area (Å²) in [7, 11) is 2.06. The number of aromatic nitrogens is 2. The minimum Gasteiger partial charge on any atom is -0.353 e. The van der Waals surface area contributed by atoms with Crippen LogP contribution in [0.4, 0.5) is 5.82 Å². The Morgan fingerprint density at radius 3 is 2.90 bits per heavy atom. The molecule has 108 valence electrons. The van der Waals surface area contributed by atoms with Crippen molar-refractivity contribution in [3.05, 3.63) is 40.5 Å². The maximum Gasteiger partial charge on any atom is 0.133 e. The Hall–Kier alpha value is -1.46. The van der Waals surface area contributed by atoms with E-state index in [1.54, 1.807) is 11.3 Å². The molecule has 2 heterocycles. The first-order valence-electron chi connectivity index (χ1n) is 6.89. The molecule has 2 aromatic rings. The summed E-state index contributed by atoms with van der Waals surface area (Å²) in [6.45, 7) is 7.08. The number of hydrogen-bond acceptors (Lipinski definition) is 5. The average Bonchev–Trinajstić information content (AvgIpc) is 2.91.